The van der Waals surface area contributed by atoms with E-state index in [4.69, 9.17) is 33.5 Å². The summed E-state index contributed by atoms with van der Waals surface area (Å²) in [5.74, 6) is 0.850. The maximum Gasteiger partial charge on any atom is 0.229 e. The number of rotatable bonds is 10. The molecule has 2 heterocycles. The van der Waals surface area contributed by atoms with Gasteiger partial charge in [0.15, 0.2) is 23.0 Å². The van der Waals surface area contributed by atoms with Crippen molar-refractivity contribution in [1.29, 1.82) is 0 Å². The van der Waals surface area contributed by atoms with E-state index in [0.29, 0.717) is 17.1 Å². The third-order valence-corrected chi connectivity index (χ3v) is 6.84. The molecule has 0 bridgehead atoms. The molecule has 0 amide bonds. The van der Waals surface area contributed by atoms with E-state index in [9.17, 15) is 25.5 Å². The van der Waals surface area contributed by atoms with E-state index < -0.39 is 49.3 Å². The molecule has 2 aromatic rings. The summed E-state index contributed by atoms with van der Waals surface area (Å²) in [6.45, 7) is -0.984. The predicted octanol–water partition coefficient (Wildman–Crippen LogP) is 0.106. The van der Waals surface area contributed by atoms with Crippen molar-refractivity contribution in [3.8, 4) is 28.7 Å². The standard InChI is InChI=1S/C27H34O12/c1-34-17-8-13(5-4-6-28)7-15-16(11-29)24(38-25(15)17)14-9-18(35-2)26(19(10-14)36-3)39-27-23(33)22(32)21(31)20(12-30)37-27/h4-5,7-10,16,20-24,27-33H,6,11-12H2,1-3H3/t16-,20+,21+,22-,23+,24+,27-/m0/s1. The summed E-state index contributed by atoms with van der Waals surface area (Å²) in [5, 5.41) is 59.6. The zero-order chi connectivity index (χ0) is 28.3. The highest BCUT2D eigenvalue weighted by Gasteiger charge is 2.45. The summed E-state index contributed by atoms with van der Waals surface area (Å²) in [5.41, 5.74) is 2.06. The molecule has 6 N–H and O–H groups in total. The molecule has 1 saturated heterocycles. The van der Waals surface area contributed by atoms with Crippen LogP contribution in [0.2, 0.25) is 0 Å². The van der Waals surface area contributed by atoms with Crippen LogP contribution in [0, 0.1) is 0 Å². The highest BCUT2D eigenvalue weighted by Crippen LogP contribution is 2.53. The smallest absolute Gasteiger partial charge is 0.229 e. The van der Waals surface area contributed by atoms with Gasteiger partial charge in [-0.2, -0.15) is 0 Å². The fourth-order valence-electron chi connectivity index (χ4n) is 4.81. The molecule has 0 radical (unpaired) electrons. The molecule has 7 atom stereocenters. The Labute approximate surface area is 225 Å². The van der Waals surface area contributed by atoms with Crippen molar-refractivity contribution in [3.05, 3.63) is 47.0 Å². The van der Waals surface area contributed by atoms with Crippen molar-refractivity contribution < 1.29 is 59.1 Å². The molecular formula is C27H34O12. The first-order valence-corrected chi connectivity index (χ1v) is 12.3. The first-order valence-electron chi connectivity index (χ1n) is 12.3. The SMILES string of the molecule is COc1cc([C@H]2Oc3c(OC)cc(C=CCO)cc3[C@@H]2CO)cc(OC)c1O[C@@H]1O[C@H](CO)[C@@H](O)[C@H](O)[C@H]1O. The van der Waals surface area contributed by atoms with Crippen LogP contribution in [0.25, 0.3) is 6.08 Å². The van der Waals surface area contributed by atoms with Gasteiger partial charge in [-0.25, -0.2) is 0 Å². The molecule has 4 rings (SSSR count). The predicted molar refractivity (Wildman–Crippen MR) is 136 cm³/mol. The average Bonchev–Trinajstić information content (AvgIpc) is 3.34. The van der Waals surface area contributed by atoms with E-state index >= 15 is 0 Å². The molecule has 12 nitrogen and oxygen atoms in total. The molecule has 0 saturated carbocycles. The minimum absolute atomic E-state index is 0.0400. The van der Waals surface area contributed by atoms with Crippen molar-refractivity contribution in [2.24, 2.45) is 0 Å². The summed E-state index contributed by atoms with van der Waals surface area (Å²) >= 11 is 0. The molecular weight excluding hydrogens is 516 g/mol. The maximum absolute atomic E-state index is 10.4. The Morgan fingerprint density at radius 1 is 0.821 bits per heavy atom. The van der Waals surface area contributed by atoms with Gasteiger partial charge in [0.05, 0.1) is 47.1 Å². The number of hydrogen-bond acceptors (Lipinski definition) is 12. The quantitative estimate of drug-likeness (QED) is 0.236. The Bertz CT molecular complexity index is 1140. The highest BCUT2D eigenvalue weighted by atomic mass is 16.7. The van der Waals surface area contributed by atoms with E-state index in [2.05, 4.69) is 0 Å². The van der Waals surface area contributed by atoms with E-state index in [1.165, 1.54) is 21.3 Å². The van der Waals surface area contributed by atoms with Crippen LogP contribution in [0.15, 0.2) is 30.3 Å². The second-order valence-electron chi connectivity index (χ2n) is 9.12. The first-order chi connectivity index (χ1) is 18.8. The van der Waals surface area contributed by atoms with E-state index in [0.717, 1.165) is 11.1 Å². The van der Waals surface area contributed by atoms with Gasteiger partial charge in [-0.3, -0.25) is 0 Å². The van der Waals surface area contributed by atoms with Crippen LogP contribution in [-0.4, -0.2) is 102 Å². The fraction of sp³-hybridized carbons (Fsp3) is 0.481. The Hall–Kier alpha value is -3.10. The average molecular weight is 551 g/mol. The number of benzene rings is 2. The molecule has 0 unspecified atom stereocenters. The summed E-state index contributed by atoms with van der Waals surface area (Å²) in [6.07, 6.45) is -4.75. The summed E-state index contributed by atoms with van der Waals surface area (Å²) in [4.78, 5) is 0. The molecule has 39 heavy (non-hydrogen) atoms. The van der Waals surface area contributed by atoms with Crippen LogP contribution in [0.1, 0.15) is 28.7 Å². The molecule has 2 aromatic carbocycles. The number of aliphatic hydroxyl groups is 6. The van der Waals surface area contributed by atoms with Gasteiger partial charge < -0.3 is 59.1 Å². The van der Waals surface area contributed by atoms with Gasteiger partial charge in [0.1, 0.15) is 30.5 Å². The topological polar surface area (TPSA) is 177 Å². The van der Waals surface area contributed by atoms with Gasteiger partial charge in [-0.15, -0.1) is 0 Å². The largest absolute Gasteiger partial charge is 0.493 e. The van der Waals surface area contributed by atoms with Crippen molar-refractivity contribution in [1.82, 2.24) is 0 Å². The number of fused-ring (bicyclic) bond motifs is 1. The minimum atomic E-state index is -1.63. The van der Waals surface area contributed by atoms with Crippen LogP contribution in [0.5, 0.6) is 28.7 Å². The molecule has 0 aromatic heterocycles. The number of aliphatic hydroxyl groups excluding tert-OH is 6. The van der Waals surface area contributed by atoms with Crippen molar-refractivity contribution in [3.63, 3.8) is 0 Å². The summed E-state index contributed by atoms with van der Waals surface area (Å²) in [6, 6.07) is 6.87. The maximum atomic E-state index is 10.4. The van der Waals surface area contributed by atoms with Crippen molar-refractivity contribution in [2.45, 2.75) is 42.7 Å². The van der Waals surface area contributed by atoms with Crippen LogP contribution in [-0.2, 0) is 4.74 Å². The van der Waals surface area contributed by atoms with Gasteiger partial charge in [0, 0.05) is 11.1 Å². The fourth-order valence-corrected chi connectivity index (χ4v) is 4.81. The Kier molecular flexibility index (Phi) is 9.18. The molecule has 214 valence electrons. The Balaban J connectivity index is 1.70. The van der Waals surface area contributed by atoms with Crippen LogP contribution >= 0.6 is 0 Å². The molecule has 12 heteroatoms. The Morgan fingerprint density at radius 3 is 2.05 bits per heavy atom. The molecule has 0 aliphatic carbocycles. The zero-order valence-corrected chi connectivity index (χ0v) is 21.8. The summed E-state index contributed by atoms with van der Waals surface area (Å²) < 4.78 is 34.2. The third-order valence-electron chi connectivity index (χ3n) is 6.84. The first kappa shape index (κ1) is 28.9. The van der Waals surface area contributed by atoms with Crippen molar-refractivity contribution in [2.75, 3.05) is 41.2 Å². The van der Waals surface area contributed by atoms with Gasteiger partial charge in [-0.1, -0.05) is 12.2 Å². The minimum Gasteiger partial charge on any atom is -0.493 e. The van der Waals surface area contributed by atoms with Gasteiger partial charge >= 0.3 is 0 Å². The lowest BCUT2D eigenvalue weighted by Crippen LogP contribution is -2.60. The van der Waals surface area contributed by atoms with Gasteiger partial charge in [0.25, 0.3) is 0 Å². The van der Waals surface area contributed by atoms with E-state index in [1.807, 2.05) is 6.07 Å². The lowest BCUT2D eigenvalue weighted by molar-refractivity contribution is -0.277. The highest BCUT2D eigenvalue weighted by molar-refractivity contribution is 5.63. The van der Waals surface area contributed by atoms with Gasteiger partial charge in [0.2, 0.25) is 12.0 Å². The van der Waals surface area contributed by atoms with Crippen LogP contribution in [0.3, 0.4) is 0 Å². The second kappa shape index (κ2) is 12.4. The van der Waals surface area contributed by atoms with Crippen LogP contribution < -0.4 is 23.7 Å². The van der Waals surface area contributed by atoms with E-state index in [1.54, 1.807) is 30.4 Å². The lowest BCUT2D eigenvalue weighted by Gasteiger charge is -2.39. The molecule has 1 fully saturated rings. The Morgan fingerprint density at radius 2 is 1.49 bits per heavy atom. The molecule has 2 aliphatic rings. The molecule has 2 aliphatic heterocycles. The van der Waals surface area contributed by atoms with Crippen LogP contribution in [0.4, 0.5) is 0 Å². The monoisotopic (exact) mass is 550 g/mol. The number of ether oxygens (including phenoxy) is 6. The number of hydrogen-bond donors (Lipinski definition) is 6. The number of methoxy groups -OCH3 is 3. The van der Waals surface area contributed by atoms with Gasteiger partial charge in [-0.05, 0) is 29.8 Å². The summed E-state index contributed by atoms with van der Waals surface area (Å²) in [7, 11) is 4.31. The van der Waals surface area contributed by atoms with Crippen molar-refractivity contribution >= 4 is 6.08 Å². The lowest BCUT2D eigenvalue weighted by atomic mass is 9.90. The normalized spacial score (nSPS) is 28.2. The zero-order valence-electron chi connectivity index (χ0n) is 21.8. The molecule has 0 spiro atoms. The third kappa shape index (κ3) is 5.50. The second-order valence-corrected chi connectivity index (χ2v) is 9.12. The van der Waals surface area contributed by atoms with E-state index in [-0.39, 0.29) is 30.5 Å².